The number of nitrogens with two attached hydrogens (primary N) is 2. The molecule has 0 spiro atoms. The summed E-state index contributed by atoms with van der Waals surface area (Å²) in [7, 11) is 0. The maximum absolute atomic E-state index is 7.38. The Balaban J connectivity index is 3.09. The van der Waals surface area contributed by atoms with E-state index in [1.54, 1.807) is 0 Å². The molecule has 10 heavy (non-hydrogen) atoms. The van der Waals surface area contributed by atoms with E-state index in [0.29, 0.717) is 13.1 Å². The maximum atomic E-state index is 7.38. The second kappa shape index (κ2) is 6.71. The summed E-state index contributed by atoms with van der Waals surface area (Å²) in [6.07, 6.45) is 3.56. The molecule has 0 radical (unpaired) electrons. The van der Waals surface area contributed by atoms with Crippen LogP contribution >= 0.6 is 0 Å². The number of hydrogen-bond donors (Lipinski definition) is 3. The van der Waals surface area contributed by atoms with Gasteiger partial charge in [-0.2, -0.15) is 0 Å². The van der Waals surface area contributed by atoms with Gasteiger partial charge in [0, 0.05) is 5.71 Å². The summed E-state index contributed by atoms with van der Waals surface area (Å²) in [4.78, 5) is 0. The third-order valence-corrected chi connectivity index (χ3v) is 1.37. The van der Waals surface area contributed by atoms with Gasteiger partial charge in [0.05, 0.1) is 0 Å². The zero-order chi connectivity index (χ0) is 7.82. The topological polar surface area (TPSA) is 75.9 Å². The van der Waals surface area contributed by atoms with Gasteiger partial charge in [0.2, 0.25) is 0 Å². The highest BCUT2D eigenvalue weighted by Crippen LogP contribution is 1.96. The van der Waals surface area contributed by atoms with E-state index in [-0.39, 0.29) is 0 Å². The fourth-order valence-electron chi connectivity index (χ4n) is 0.756. The smallest absolute Gasteiger partial charge is 0.00901 e. The third kappa shape index (κ3) is 5.72. The van der Waals surface area contributed by atoms with E-state index in [1.807, 2.05) is 0 Å². The molecule has 0 saturated carbocycles. The molecule has 0 bridgehead atoms. The van der Waals surface area contributed by atoms with E-state index in [0.717, 1.165) is 31.4 Å². The van der Waals surface area contributed by atoms with Crippen molar-refractivity contribution in [1.82, 2.24) is 0 Å². The number of hydrogen-bond acceptors (Lipinski definition) is 3. The van der Waals surface area contributed by atoms with Crippen molar-refractivity contribution < 1.29 is 0 Å². The first-order valence-corrected chi connectivity index (χ1v) is 3.77. The average molecular weight is 143 g/mol. The Morgan fingerprint density at radius 2 is 1.40 bits per heavy atom. The van der Waals surface area contributed by atoms with Crippen LogP contribution in [0.25, 0.3) is 0 Å². The summed E-state index contributed by atoms with van der Waals surface area (Å²) < 4.78 is 0. The molecule has 0 fully saturated rings. The molecular weight excluding hydrogens is 126 g/mol. The molecule has 0 aliphatic carbocycles. The van der Waals surface area contributed by atoms with Crippen molar-refractivity contribution in [3.63, 3.8) is 0 Å². The first-order chi connectivity index (χ1) is 4.81. The minimum Gasteiger partial charge on any atom is -0.330 e. The Kier molecular flexibility index (Phi) is 6.43. The molecule has 0 unspecified atom stereocenters. The molecular formula is C7H17N3. The summed E-state index contributed by atoms with van der Waals surface area (Å²) in [5.41, 5.74) is 11.4. The van der Waals surface area contributed by atoms with Crippen LogP contribution in [-0.2, 0) is 0 Å². The Morgan fingerprint density at radius 1 is 1.00 bits per heavy atom. The highest BCUT2D eigenvalue weighted by molar-refractivity contribution is 5.81. The third-order valence-electron chi connectivity index (χ3n) is 1.37. The molecule has 5 N–H and O–H groups in total. The molecule has 0 rings (SSSR count). The molecule has 0 saturated heterocycles. The highest BCUT2D eigenvalue weighted by atomic mass is 14.5. The molecule has 0 aromatic heterocycles. The van der Waals surface area contributed by atoms with Gasteiger partial charge in [-0.15, -0.1) is 0 Å². The molecule has 0 aliphatic rings. The zero-order valence-corrected chi connectivity index (χ0v) is 6.40. The van der Waals surface area contributed by atoms with Gasteiger partial charge in [-0.05, 0) is 38.8 Å². The summed E-state index contributed by atoms with van der Waals surface area (Å²) >= 11 is 0. The van der Waals surface area contributed by atoms with E-state index >= 15 is 0 Å². The van der Waals surface area contributed by atoms with E-state index < -0.39 is 0 Å². The normalized spacial score (nSPS) is 9.80. The van der Waals surface area contributed by atoms with Gasteiger partial charge in [-0.1, -0.05) is 0 Å². The summed E-state index contributed by atoms with van der Waals surface area (Å²) in [6, 6.07) is 0. The predicted octanol–water partition coefficient (Wildman–Crippen LogP) is 0.484. The second-order valence-electron chi connectivity index (χ2n) is 2.39. The van der Waals surface area contributed by atoms with Gasteiger partial charge in [-0.25, -0.2) is 0 Å². The molecule has 0 amide bonds. The van der Waals surface area contributed by atoms with Crippen LogP contribution in [-0.4, -0.2) is 18.8 Å². The van der Waals surface area contributed by atoms with Gasteiger partial charge in [-0.3, -0.25) is 0 Å². The van der Waals surface area contributed by atoms with Crippen molar-refractivity contribution in [3.05, 3.63) is 0 Å². The number of rotatable bonds is 6. The maximum Gasteiger partial charge on any atom is 0.00901 e. The lowest BCUT2D eigenvalue weighted by atomic mass is 10.1. The van der Waals surface area contributed by atoms with E-state index in [9.17, 15) is 0 Å². The monoisotopic (exact) mass is 143 g/mol. The van der Waals surface area contributed by atoms with Crippen LogP contribution in [0.2, 0.25) is 0 Å². The van der Waals surface area contributed by atoms with Crippen LogP contribution in [0.1, 0.15) is 25.7 Å². The van der Waals surface area contributed by atoms with Gasteiger partial charge >= 0.3 is 0 Å². The quantitative estimate of drug-likeness (QED) is 0.473. The van der Waals surface area contributed by atoms with Gasteiger partial charge in [0.1, 0.15) is 0 Å². The summed E-state index contributed by atoms with van der Waals surface area (Å²) in [6.45, 7) is 1.37. The standard InChI is InChI=1S/C7H17N3/c8-5-1-3-7(10)4-2-6-9/h10H,1-6,8-9H2. The molecule has 3 nitrogen and oxygen atoms in total. The van der Waals surface area contributed by atoms with E-state index in [2.05, 4.69) is 0 Å². The SMILES string of the molecule is N=C(CCCN)CCCN. The first-order valence-electron chi connectivity index (χ1n) is 3.77. The predicted molar refractivity (Wildman–Crippen MR) is 44.3 cm³/mol. The Bertz CT molecular complexity index is 80.9. The molecule has 0 heterocycles. The van der Waals surface area contributed by atoms with Crippen molar-refractivity contribution >= 4 is 5.71 Å². The van der Waals surface area contributed by atoms with Crippen molar-refractivity contribution in [3.8, 4) is 0 Å². The molecule has 0 aromatic rings. The second-order valence-corrected chi connectivity index (χ2v) is 2.39. The minimum atomic E-state index is 0.686. The average Bonchev–Trinajstić information content (AvgIpc) is 1.97. The summed E-state index contributed by atoms with van der Waals surface area (Å²) in [5.74, 6) is 0. The van der Waals surface area contributed by atoms with Gasteiger partial charge in [0.25, 0.3) is 0 Å². The Hall–Kier alpha value is -0.410. The lowest BCUT2D eigenvalue weighted by Gasteiger charge is -1.99. The van der Waals surface area contributed by atoms with Crippen molar-refractivity contribution in [2.75, 3.05) is 13.1 Å². The Morgan fingerprint density at radius 3 is 1.70 bits per heavy atom. The first kappa shape index (κ1) is 9.59. The largest absolute Gasteiger partial charge is 0.330 e. The van der Waals surface area contributed by atoms with Crippen LogP contribution in [0, 0.1) is 5.41 Å². The molecule has 0 aliphatic heterocycles. The number of nitrogens with one attached hydrogen (secondary N) is 1. The van der Waals surface area contributed by atoms with Crippen molar-refractivity contribution in [1.29, 1.82) is 5.41 Å². The molecule has 60 valence electrons. The van der Waals surface area contributed by atoms with Crippen LogP contribution in [0.15, 0.2) is 0 Å². The van der Waals surface area contributed by atoms with Gasteiger partial charge in [0.15, 0.2) is 0 Å². The summed E-state index contributed by atoms with van der Waals surface area (Å²) in [5, 5.41) is 7.38. The van der Waals surface area contributed by atoms with Crippen LogP contribution in [0.3, 0.4) is 0 Å². The molecule has 0 atom stereocenters. The molecule has 3 heteroatoms. The van der Waals surface area contributed by atoms with E-state index in [1.165, 1.54) is 0 Å². The minimum absolute atomic E-state index is 0.686. The van der Waals surface area contributed by atoms with Crippen LogP contribution < -0.4 is 11.5 Å². The van der Waals surface area contributed by atoms with E-state index in [4.69, 9.17) is 16.9 Å². The Labute approximate surface area is 62.3 Å². The lowest BCUT2D eigenvalue weighted by molar-refractivity contribution is 0.819. The van der Waals surface area contributed by atoms with Crippen LogP contribution in [0.4, 0.5) is 0 Å². The van der Waals surface area contributed by atoms with Crippen molar-refractivity contribution in [2.45, 2.75) is 25.7 Å². The fraction of sp³-hybridized carbons (Fsp3) is 0.857. The zero-order valence-electron chi connectivity index (χ0n) is 6.40. The van der Waals surface area contributed by atoms with Crippen LogP contribution in [0.5, 0.6) is 0 Å². The lowest BCUT2D eigenvalue weighted by Crippen LogP contribution is -2.06. The van der Waals surface area contributed by atoms with Gasteiger partial charge < -0.3 is 16.9 Å². The fourth-order valence-corrected chi connectivity index (χ4v) is 0.756. The van der Waals surface area contributed by atoms with Crippen molar-refractivity contribution in [2.24, 2.45) is 11.5 Å². The molecule has 0 aromatic carbocycles. The highest BCUT2D eigenvalue weighted by Gasteiger charge is 1.94.